The van der Waals surface area contributed by atoms with E-state index in [1.165, 1.54) is 0 Å². The molecule has 0 spiro atoms. The Labute approximate surface area is 103 Å². The molecule has 7 heteroatoms. The first-order valence-corrected chi connectivity index (χ1v) is 6.82. The first-order chi connectivity index (χ1) is 7.83. The van der Waals surface area contributed by atoms with Gasteiger partial charge in [0.05, 0.1) is 26.4 Å². The summed E-state index contributed by atoms with van der Waals surface area (Å²) in [5.74, 6) is 0. The van der Waals surface area contributed by atoms with E-state index in [1.54, 1.807) is 0 Å². The largest absolute Gasteiger partial charge is 0.472 e. The monoisotopic (exact) mass is 267 g/mol. The molecule has 1 N–H and O–H groups in total. The fourth-order valence-electron chi connectivity index (χ4n) is 0.834. The third kappa shape index (κ3) is 12.0. The molecule has 0 fully saturated rings. The van der Waals surface area contributed by atoms with Crippen LogP contribution < -0.4 is 0 Å². The number of rotatable bonds is 10. The number of phosphoric ester groups is 1. The summed E-state index contributed by atoms with van der Waals surface area (Å²) in [5, 5.41) is 0. The van der Waals surface area contributed by atoms with E-state index in [2.05, 4.69) is 6.58 Å². The minimum atomic E-state index is -3.94. The number of likely N-dealkylation sites (N-methyl/N-ethyl adjacent to an activating group) is 1. The fraction of sp³-hybridized carbons (Fsp3) is 0.800. The van der Waals surface area contributed by atoms with Gasteiger partial charge in [-0.2, -0.15) is 0 Å². The molecule has 17 heavy (non-hydrogen) atoms. The Morgan fingerprint density at radius 3 is 2.41 bits per heavy atom. The second-order valence-corrected chi connectivity index (χ2v) is 5.40. The van der Waals surface area contributed by atoms with Crippen molar-refractivity contribution in [3.05, 3.63) is 12.2 Å². The number of hydrogen-bond donors (Lipinski definition) is 1. The average molecular weight is 267 g/mol. The Kier molecular flexibility index (Phi) is 8.68. The molecule has 0 aliphatic heterocycles. The van der Waals surface area contributed by atoms with Gasteiger partial charge in [-0.15, -0.1) is 0 Å². The summed E-state index contributed by atoms with van der Waals surface area (Å²) in [4.78, 5) is 11.1. The highest BCUT2D eigenvalue weighted by Crippen LogP contribution is 2.42. The molecule has 0 amide bonds. The molecule has 0 aromatic heterocycles. The van der Waals surface area contributed by atoms with Gasteiger partial charge in [0.25, 0.3) is 0 Å². The summed E-state index contributed by atoms with van der Waals surface area (Å²) in [6.07, 6.45) is 0. The highest BCUT2D eigenvalue weighted by Gasteiger charge is 2.20. The van der Waals surface area contributed by atoms with E-state index in [0.29, 0.717) is 13.2 Å². The number of nitrogens with zero attached hydrogens (tertiary/aromatic N) is 1. The summed E-state index contributed by atoms with van der Waals surface area (Å²) in [7, 11) is -0.251. The van der Waals surface area contributed by atoms with Crippen molar-refractivity contribution in [3.63, 3.8) is 0 Å². The third-order valence-electron chi connectivity index (χ3n) is 1.62. The molecule has 102 valence electrons. The molecule has 0 saturated carbocycles. The molecular formula is C10H22NO5P. The zero-order valence-corrected chi connectivity index (χ0v) is 11.6. The van der Waals surface area contributed by atoms with Gasteiger partial charge in [0.15, 0.2) is 0 Å². The molecule has 0 aromatic carbocycles. The van der Waals surface area contributed by atoms with Crippen LogP contribution in [0, 0.1) is 0 Å². The number of ether oxygens (including phenoxy) is 1. The molecule has 1 unspecified atom stereocenters. The van der Waals surface area contributed by atoms with Crippen molar-refractivity contribution in [3.8, 4) is 0 Å². The van der Waals surface area contributed by atoms with Crippen LogP contribution in [0.5, 0.6) is 0 Å². The van der Waals surface area contributed by atoms with Crippen LogP contribution in [0.4, 0.5) is 0 Å². The average Bonchev–Trinajstić information content (AvgIpc) is 2.15. The molecule has 0 aliphatic carbocycles. The first-order valence-electron chi connectivity index (χ1n) is 5.32. The van der Waals surface area contributed by atoms with Crippen molar-refractivity contribution in [1.29, 1.82) is 0 Å². The zero-order valence-electron chi connectivity index (χ0n) is 10.7. The van der Waals surface area contributed by atoms with E-state index in [9.17, 15) is 9.46 Å². The highest BCUT2D eigenvalue weighted by molar-refractivity contribution is 7.47. The highest BCUT2D eigenvalue weighted by atomic mass is 31.2. The molecule has 0 heterocycles. The van der Waals surface area contributed by atoms with Gasteiger partial charge in [-0.3, -0.25) is 9.05 Å². The minimum Gasteiger partial charge on any atom is -0.375 e. The molecule has 0 rings (SSSR count). The Hall–Kier alpha value is -0.230. The second kappa shape index (κ2) is 8.80. The quantitative estimate of drug-likeness (QED) is 0.365. The number of hydrogen-bond acceptors (Lipinski definition) is 5. The lowest BCUT2D eigenvalue weighted by Crippen LogP contribution is -2.17. The minimum absolute atomic E-state index is 0.0169. The van der Waals surface area contributed by atoms with Gasteiger partial charge in [-0.05, 0) is 21.0 Å². The van der Waals surface area contributed by atoms with Gasteiger partial charge in [-0.25, -0.2) is 4.57 Å². The summed E-state index contributed by atoms with van der Waals surface area (Å²) in [5.41, 5.74) is 0.888. The van der Waals surface area contributed by atoms with E-state index in [1.807, 2.05) is 25.9 Å². The Morgan fingerprint density at radius 2 is 1.88 bits per heavy atom. The molecule has 0 aromatic rings. The fourth-order valence-corrected chi connectivity index (χ4v) is 1.53. The maximum absolute atomic E-state index is 11.3. The molecule has 6 nitrogen and oxygen atoms in total. The van der Waals surface area contributed by atoms with Crippen molar-refractivity contribution in [2.24, 2.45) is 0 Å². The summed E-state index contributed by atoms with van der Waals surface area (Å²) in [6, 6.07) is 0. The van der Waals surface area contributed by atoms with Gasteiger partial charge >= 0.3 is 7.82 Å². The lowest BCUT2D eigenvalue weighted by Gasteiger charge is -2.14. The molecule has 0 aliphatic rings. The lowest BCUT2D eigenvalue weighted by molar-refractivity contribution is 0.0849. The zero-order chi connectivity index (χ0) is 13.3. The number of phosphoric acid groups is 1. The van der Waals surface area contributed by atoms with Crippen LogP contribution in [0.1, 0.15) is 6.92 Å². The van der Waals surface area contributed by atoms with E-state index < -0.39 is 7.82 Å². The van der Waals surface area contributed by atoms with Crippen LogP contribution in [0.2, 0.25) is 0 Å². The van der Waals surface area contributed by atoms with Gasteiger partial charge < -0.3 is 14.5 Å². The van der Waals surface area contributed by atoms with Crippen LogP contribution in [-0.2, 0) is 18.3 Å². The second-order valence-electron chi connectivity index (χ2n) is 3.95. The van der Waals surface area contributed by atoms with Crippen LogP contribution in [-0.4, -0.2) is 56.9 Å². The van der Waals surface area contributed by atoms with Crippen molar-refractivity contribution >= 4 is 7.82 Å². The van der Waals surface area contributed by atoms with Crippen molar-refractivity contribution in [1.82, 2.24) is 4.90 Å². The SMILES string of the molecule is C=C(C)COCCOP(=O)(O)OCCN(C)C. The van der Waals surface area contributed by atoms with Crippen LogP contribution >= 0.6 is 7.82 Å². The summed E-state index contributed by atoms with van der Waals surface area (Å²) < 4.78 is 25.9. The maximum atomic E-state index is 11.3. The van der Waals surface area contributed by atoms with Crippen molar-refractivity contribution < 1.29 is 23.2 Å². The molecule has 0 radical (unpaired) electrons. The normalized spacial score (nSPS) is 14.9. The Bertz CT molecular complexity index is 269. The molecule has 1 atom stereocenters. The smallest absolute Gasteiger partial charge is 0.375 e. The predicted molar refractivity (Wildman–Crippen MR) is 65.9 cm³/mol. The van der Waals surface area contributed by atoms with Gasteiger partial charge in [0.2, 0.25) is 0 Å². The Balaban J connectivity index is 3.57. The van der Waals surface area contributed by atoms with Crippen LogP contribution in [0.25, 0.3) is 0 Å². The van der Waals surface area contributed by atoms with Gasteiger partial charge in [0.1, 0.15) is 0 Å². The van der Waals surface area contributed by atoms with E-state index in [4.69, 9.17) is 13.8 Å². The maximum Gasteiger partial charge on any atom is 0.472 e. The van der Waals surface area contributed by atoms with Crippen molar-refractivity contribution in [2.75, 3.05) is 47.1 Å². The van der Waals surface area contributed by atoms with Crippen LogP contribution in [0.15, 0.2) is 12.2 Å². The third-order valence-corrected chi connectivity index (χ3v) is 2.64. The van der Waals surface area contributed by atoms with E-state index in [0.717, 1.165) is 5.57 Å². The van der Waals surface area contributed by atoms with E-state index >= 15 is 0 Å². The van der Waals surface area contributed by atoms with Gasteiger partial charge in [-0.1, -0.05) is 12.2 Å². The molecule has 0 bridgehead atoms. The van der Waals surface area contributed by atoms with E-state index in [-0.39, 0.29) is 19.8 Å². The summed E-state index contributed by atoms with van der Waals surface area (Å²) in [6.45, 7) is 6.86. The molecular weight excluding hydrogens is 245 g/mol. The lowest BCUT2D eigenvalue weighted by atomic mass is 10.4. The molecule has 0 saturated heterocycles. The van der Waals surface area contributed by atoms with Gasteiger partial charge in [0, 0.05) is 6.54 Å². The topological polar surface area (TPSA) is 68.2 Å². The predicted octanol–water partition coefficient (Wildman–Crippen LogP) is 1.27. The summed E-state index contributed by atoms with van der Waals surface area (Å²) >= 11 is 0. The van der Waals surface area contributed by atoms with Crippen molar-refractivity contribution in [2.45, 2.75) is 6.92 Å². The van der Waals surface area contributed by atoms with Crippen LogP contribution in [0.3, 0.4) is 0 Å². The first kappa shape index (κ1) is 16.8. The Morgan fingerprint density at radius 1 is 1.29 bits per heavy atom. The standard InChI is InChI=1S/C10H22NO5P/c1-10(2)9-14-7-8-16-17(12,13)15-6-5-11(3)4/h1,5-9H2,2-4H3,(H,12,13).